The van der Waals surface area contributed by atoms with E-state index in [1.54, 1.807) is 6.20 Å². The van der Waals surface area contributed by atoms with E-state index in [1.165, 1.54) is 31.3 Å². The zero-order chi connectivity index (χ0) is 18.2. The number of pyridine rings is 1. The summed E-state index contributed by atoms with van der Waals surface area (Å²) in [5, 5.41) is 2.63. The smallest absolute Gasteiger partial charge is 0.270 e. The summed E-state index contributed by atoms with van der Waals surface area (Å²) in [6, 6.07) is 27.5. The highest BCUT2D eigenvalue weighted by Crippen LogP contribution is 2.36. The maximum absolute atomic E-state index is 7.17. The minimum atomic E-state index is 0.421. The molecule has 3 heteroatoms. The lowest BCUT2D eigenvalue weighted by molar-refractivity contribution is 1.35. The van der Waals surface area contributed by atoms with Crippen LogP contribution in [0, 0.1) is 6.57 Å². The topological polar surface area (TPSA) is 17.2 Å². The third-order valence-electron chi connectivity index (χ3n) is 4.77. The van der Waals surface area contributed by atoms with Crippen LogP contribution in [-0.4, -0.2) is 4.98 Å². The molecule has 0 aliphatic heterocycles. The van der Waals surface area contributed by atoms with Crippen LogP contribution in [0.4, 0.5) is 5.82 Å². The Hall–Kier alpha value is -3.48. The first-order valence-electron chi connectivity index (χ1n) is 8.67. The number of hydrogen-bond acceptors (Lipinski definition) is 2. The molecule has 2 aromatic heterocycles. The Morgan fingerprint density at radius 2 is 1.41 bits per heavy atom. The van der Waals surface area contributed by atoms with Crippen molar-refractivity contribution >= 4 is 37.3 Å². The van der Waals surface area contributed by atoms with Crippen molar-refractivity contribution in [1.29, 1.82) is 0 Å². The normalized spacial score (nSPS) is 10.9. The van der Waals surface area contributed by atoms with Gasteiger partial charge in [-0.15, -0.1) is 16.3 Å². The molecule has 0 amide bonds. The van der Waals surface area contributed by atoms with E-state index in [4.69, 9.17) is 6.57 Å². The van der Waals surface area contributed by atoms with E-state index < -0.39 is 0 Å². The molecule has 0 N–H and O–H groups in total. The molecular weight excluding hydrogens is 348 g/mol. The first-order valence-corrected chi connectivity index (χ1v) is 9.49. The number of aromatic nitrogens is 1. The Morgan fingerprint density at radius 1 is 0.667 bits per heavy atom. The molecule has 0 saturated heterocycles. The second-order valence-electron chi connectivity index (χ2n) is 6.40. The van der Waals surface area contributed by atoms with Gasteiger partial charge in [0.2, 0.25) is 0 Å². The van der Waals surface area contributed by atoms with Gasteiger partial charge in [0.15, 0.2) is 0 Å². The number of benzene rings is 3. The van der Waals surface area contributed by atoms with Crippen LogP contribution in [0.15, 0.2) is 85.1 Å². The molecule has 0 atom stereocenters. The molecule has 0 radical (unpaired) electrons. The van der Waals surface area contributed by atoms with Crippen LogP contribution in [0.25, 0.3) is 47.3 Å². The van der Waals surface area contributed by atoms with Gasteiger partial charge in [-0.1, -0.05) is 55.1 Å². The lowest BCUT2D eigenvalue weighted by Gasteiger charge is -2.06. The zero-order valence-electron chi connectivity index (χ0n) is 14.4. The van der Waals surface area contributed by atoms with Gasteiger partial charge < -0.3 is 4.85 Å². The Kier molecular flexibility index (Phi) is 3.71. The summed E-state index contributed by atoms with van der Waals surface area (Å²) in [5.74, 6) is 0.421. The second-order valence-corrected chi connectivity index (χ2v) is 7.49. The van der Waals surface area contributed by atoms with Gasteiger partial charge in [0.1, 0.15) is 6.20 Å². The molecule has 0 aliphatic carbocycles. The monoisotopic (exact) mass is 362 g/mol. The van der Waals surface area contributed by atoms with Crippen molar-refractivity contribution in [2.45, 2.75) is 0 Å². The van der Waals surface area contributed by atoms with Crippen LogP contribution in [0.3, 0.4) is 0 Å². The van der Waals surface area contributed by atoms with Crippen molar-refractivity contribution < 1.29 is 0 Å². The first kappa shape index (κ1) is 15.7. The van der Waals surface area contributed by atoms with Gasteiger partial charge in [-0.2, -0.15) is 0 Å². The third-order valence-corrected chi connectivity index (χ3v) is 5.90. The molecule has 0 aliphatic rings. The van der Waals surface area contributed by atoms with Crippen LogP contribution in [0.1, 0.15) is 0 Å². The first-order chi connectivity index (χ1) is 13.3. The van der Waals surface area contributed by atoms with E-state index in [-0.39, 0.29) is 0 Å². The van der Waals surface area contributed by atoms with Crippen molar-refractivity contribution in [3.05, 3.63) is 96.5 Å². The number of hydrogen-bond donors (Lipinski definition) is 0. The van der Waals surface area contributed by atoms with E-state index in [0.717, 1.165) is 11.1 Å². The largest absolute Gasteiger partial charge is 0.361 e. The summed E-state index contributed by atoms with van der Waals surface area (Å²) < 4.78 is 2.63. The summed E-state index contributed by atoms with van der Waals surface area (Å²) in [6.07, 6.45) is 1.69. The van der Waals surface area contributed by atoms with Crippen LogP contribution >= 0.6 is 11.3 Å². The van der Waals surface area contributed by atoms with Gasteiger partial charge in [-0.3, -0.25) is 0 Å². The molecule has 0 fully saturated rings. The van der Waals surface area contributed by atoms with Gasteiger partial charge in [-0.05, 0) is 52.6 Å². The summed E-state index contributed by atoms with van der Waals surface area (Å²) in [6.45, 7) is 7.17. The van der Waals surface area contributed by atoms with Gasteiger partial charge in [0.05, 0.1) is 0 Å². The molecular formula is C24H14N2S. The number of rotatable bonds is 2. The van der Waals surface area contributed by atoms with Crippen molar-refractivity contribution in [2.75, 3.05) is 0 Å². The molecule has 0 spiro atoms. The highest BCUT2D eigenvalue weighted by atomic mass is 32.1. The maximum Gasteiger partial charge on any atom is 0.270 e. The van der Waals surface area contributed by atoms with Crippen molar-refractivity contribution in [3.8, 4) is 22.3 Å². The molecule has 5 aromatic rings. The molecule has 126 valence electrons. The Labute approximate surface area is 161 Å². The fourth-order valence-corrected chi connectivity index (χ4v) is 4.59. The Bertz CT molecular complexity index is 1340. The molecule has 2 nitrogen and oxygen atoms in total. The van der Waals surface area contributed by atoms with Gasteiger partial charge in [0.25, 0.3) is 5.82 Å². The predicted molar refractivity (Wildman–Crippen MR) is 114 cm³/mol. The van der Waals surface area contributed by atoms with Crippen LogP contribution in [0.2, 0.25) is 0 Å². The van der Waals surface area contributed by atoms with E-state index in [9.17, 15) is 0 Å². The SMILES string of the molecule is [C-]#[N+]c1cc(-c2cccc(-c3ccc4c(c3)sc3ccccc34)c2)ccn1. The summed E-state index contributed by atoms with van der Waals surface area (Å²) in [5.41, 5.74) is 4.49. The van der Waals surface area contributed by atoms with Gasteiger partial charge in [0, 0.05) is 20.2 Å². The highest BCUT2D eigenvalue weighted by molar-refractivity contribution is 7.25. The third kappa shape index (κ3) is 2.77. The predicted octanol–water partition coefficient (Wildman–Crippen LogP) is 7.33. The number of thiophene rings is 1. The minimum absolute atomic E-state index is 0.421. The lowest BCUT2D eigenvalue weighted by atomic mass is 9.99. The lowest BCUT2D eigenvalue weighted by Crippen LogP contribution is -1.82. The molecule has 0 bridgehead atoms. The molecule has 5 rings (SSSR count). The Balaban J connectivity index is 1.62. The van der Waals surface area contributed by atoms with Crippen LogP contribution < -0.4 is 0 Å². The molecule has 2 heterocycles. The average molecular weight is 362 g/mol. The fourth-order valence-electron chi connectivity index (χ4n) is 3.44. The zero-order valence-corrected chi connectivity index (χ0v) is 15.2. The number of fused-ring (bicyclic) bond motifs is 3. The maximum atomic E-state index is 7.17. The molecule has 0 saturated carbocycles. The van der Waals surface area contributed by atoms with E-state index in [2.05, 4.69) is 76.6 Å². The van der Waals surface area contributed by atoms with Gasteiger partial charge >= 0.3 is 0 Å². The van der Waals surface area contributed by atoms with Crippen molar-refractivity contribution in [3.63, 3.8) is 0 Å². The average Bonchev–Trinajstić information content (AvgIpc) is 3.11. The quantitative estimate of drug-likeness (QED) is 0.300. The molecule has 3 aromatic carbocycles. The summed E-state index contributed by atoms with van der Waals surface area (Å²) >= 11 is 1.83. The molecule has 27 heavy (non-hydrogen) atoms. The summed E-state index contributed by atoms with van der Waals surface area (Å²) in [7, 11) is 0. The second kappa shape index (κ2) is 6.35. The fraction of sp³-hybridized carbons (Fsp3) is 0. The van der Waals surface area contributed by atoms with E-state index in [0.29, 0.717) is 5.82 Å². The highest BCUT2D eigenvalue weighted by Gasteiger charge is 2.08. The van der Waals surface area contributed by atoms with Crippen LogP contribution in [0.5, 0.6) is 0 Å². The van der Waals surface area contributed by atoms with Crippen LogP contribution in [-0.2, 0) is 0 Å². The number of nitrogens with zero attached hydrogens (tertiary/aromatic N) is 2. The minimum Gasteiger partial charge on any atom is -0.361 e. The van der Waals surface area contributed by atoms with Crippen molar-refractivity contribution in [2.24, 2.45) is 0 Å². The summed E-state index contributed by atoms with van der Waals surface area (Å²) in [4.78, 5) is 7.50. The molecule has 0 unspecified atom stereocenters. The van der Waals surface area contributed by atoms with Gasteiger partial charge in [-0.25, -0.2) is 0 Å². The van der Waals surface area contributed by atoms with E-state index >= 15 is 0 Å². The standard InChI is InChI=1S/C24H14N2S/c1-25-24-15-19(11-12-26-24)17-6-4-5-16(13-17)18-9-10-21-20-7-2-3-8-22(20)27-23(21)14-18/h2-15H. The van der Waals surface area contributed by atoms with E-state index in [1.807, 2.05) is 23.5 Å². The Morgan fingerprint density at radius 3 is 2.26 bits per heavy atom. The van der Waals surface area contributed by atoms with Crippen molar-refractivity contribution in [1.82, 2.24) is 4.98 Å².